The first kappa shape index (κ1) is 11.7. The van der Waals surface area contributed by atoms with Gasteiger partial charge in [-0.05, 0) is 24.8 Å². The Morgan fingerprint density at radius 3 is 2.89 bits per heavy atom. The second-order valence-corrected chi connectivity index (χ2v) is 5.42. The molecule has 2 fully saturated rings. The molecular formula is C15H20N2O. The second kappa shape index (κ2) is 5.11. The Morgan fingerprint density at radius 2 is 2.06 bits per heavy atom. The second-order valence-electron chi connectivity index (χ2n) is 5.42. The van der Waals surface area contributed by atoms with E-state index in [-0.39, 0.29) is 5.91 Å². The van der Waals surface area contributed by atoms with E-state index >= 15 is 0 Å². The number of carbonyl (C=O) groups is 1. The quantitative estimate of drug-likeness (QED) is 0.851. The van der Waals surface area contributed by atoms with E-state index in [1.807, 2.05) is 0 Å². The highest BCUT2D eigenvalue weighted by atomic mass is 16.1. The lowest BCUT2D eigenvalue weighted by Crippen LogP contribution is -2.34. The summed E-state index contributed by atoms with van der Waals surface area (Å²) < 4.78 is 0. The predicted octanol–water partition coefficient (Wildman–Crippen LogP) is 1.80. The minimum absolute atomic E-state index is 0.196. The molecule has 3 nitrogen and oxygen atoms in total. The fraction of sp³-hybridized carbons (Fsp3) is 0.533. The van der Waals surface area contributed by atoms with Crippen LogP contribution in [-0.2, 0) is 4.79 Å². The summed E-state index contributed by atoms with van der Waals surface area (Å²) in [7, 11) is 0. The topological polar surface area (TPSA) is 41.1 Å². The number of nitrogens with one attached hydrogen (secondary N) is 2. The molecule has 3 rings (SSSR count). The van der Waals surface area contributed by atoms with Crippen LogP contribution in [0.2, 0.25) is 0 Å². The zero-order valence-electron chi connectivity index (χ0n) is 10.6. The number of rotatable bonds is 3. The van der Waals surface area contributed by atoms with Crippen molar-refractivity contribution < 1.29 is 4.79 Å². The molecule has 3 heteroatoms. The molecule has 0 spiro atoms. The summed E-state index contributed by atoms with van der Waals surface area (Å²) in [6.07, 6.45) is 4.04. The Kier molecular flexibility index (Phi) is 3.33. The van der Waals surface area contributed by atoms with Crippen molar-refractivity contribution in [3.63, 3.8) is 0 Å². The van der Waals surface area contributed by atoms with E-state index in [1.54, 1.807) is 0 Å². The summed E-state index contributed by atoms with van der Waals surface area (Å²) in [6.45, 7) is 0.837. The summed E-state index contributed by atoms with van der Waals surface area (Å²) >= 11 is 0. The van der Waals surface area contributed by atoms with Gasteiger partial charge in [0.25, 0.3) is 0 Å². The van der Waals surface area contributed by atoms with Gasteiger partial charge in [-0.25, -0.2) is 0 Å². The Hall–Kier alpha value is -1.35. The molecule has 1 saturated carbocycles. The van der Waals surface area contributed by atoms with Gasteiger partial charge < -0.3 is 10.6 Å². The lowest BCUT2D eigenvalue weighted by Gasteiger charge is -2.15. The Morgan fingerprint density at radius 1 is 1.22 bits per heavy atom. The highest BCUT2D eigenvalue weighted by molar-refractivity contribution is 5.76. The first-order chi connectivity index (χ1) is 8.83. The van der Waals surface area contributed by atoms with Crippen molar-refractivity contribution >= 4 is 5.91 Å². The zero-order valence-corrected chi connectivity index (χ0v) is 10.6. The van der Waals surface area contributed by atoms with Crippen LogP contribution < -0.4 is 10.6 Å². The van der Waals surface area contributed by atoms with Gasteiger partial charge in [0, 0.05) is 31.0 Å². The molecule has 0 bridgehead atoms. The van der Waals surface area contributed by atoms with Gasteiger partial charge in [0.2, 0.25) is 5.91 Å². The standard InChI is InChI=1S/C15H20N2O/c18-15-9-12(7-4-8-16-15)17-14-10-13(14)11-5-2-1-3-6-11/h1-3,5-6,12-14,17H,4,7-10H2,(H,16,18). The first-order valence-corrected chi connectivity index (χ1v) is 6.90. The number of hydrogen-bond acceptors (Lipinski definition) is 2. The van der Waals surface area contributed by atoms with Crippen molar-refractivity contribution in [2.24, 2.45) is 0 Å². The lowest BCUT2D eigenvalue weighted by molar-refractivity contribution is -0.121. The maximum Gasteiger partial charge on any atom is 0.221 e. The normalized spacial score (nSPS) is 31.6. The maximum atomic E-state index is 11.5. The molecule has 1 heterocycles. The molecule has 2 aliphatic rings. The average Bonchev–Trinajstić information content (AvgIpc) is 3.16. The van der Waals surface area contributed by atoms with E-state index in [4.69, 9.17) is 0 Å². The maximum absolute atomic E-state index is 11.5. The lowest BCUT2D eigenvalue weighted by atomic mass is 10.1. The van der Waals surface area contributed by atoms with Crippen molar-refractivity contribution in [2.45, 2.75) is 43.7 Å². The molecule has 3 atom stereocenters. The molecule has 0 radical (unpaired) electrons. The highest BCUT2D eigenvalue weighted by Gasteiger charge is 2.39. The molecular weight excluding hydrogens is 224 g/mol. The Bertz CT molecular complexity index is 418. The highest BCUT2D eigenvalue weighted by Crippen LogP contribution is 2.41. The smallest absolute Gasteiger partial charge is 0.221 e. The summed E-state index contributed by atoms with van der Waals surface area (Å²) in [5, 5.41) is 6.58. The number of amides is 1. The number of carbonyl (C=O) groups excluding carboxylic acids is 1. The molecule has 96 valence electrons. The van der Waals surface area contributed by atoms with Gasteiger partial charge in [0.1, 0.15) is 0 Å². The van der Waals surface area contributed by atoms with Gasteiger partial charge in [-0.1, -0.05) is 30.3 Å². The molecule has 1 aromatic carbocycles. The van der Waals surface area contributed by atoms with Gasteiger partial charge >= 0.3 is 0 Å². The molecule has 1 aliphatic heterocycles. The predicted molar refractivity (Wildman–Crippen MR) is 71.4 cm³/mol. The molecule has 1 amide bonds. The summed E-state index contributed by atoms with van der Waals surface area (Å²) in [6, 6.07) is 11.6. The van der Waals surface area contributed by atoms with Crippen molar-refractivity contribution in [1.29, 1.82) is 0 Å². The van der Waals surface area contributed by atoms with Gasteiger partial charge in [-0.2, -0.15) is 0 Å². The third-order valence-corrected chi connectivity index (χ3v) is 3.95. The van der Waals surface area contributed by atoms with Crippen molar-refractivity contribution in [3.05, 3.63) is 35.9 Å². The third-order valence-electron chi connectivity index (χ3n) is 3.95. The van der Waals surface area contributed by atoms with E-state index in [0.717, 1.165) is 19.4 Å². The minimum atomic E-state index is 0.196. The largest absolute Gasteiger partial charge is 0.356 e. The van der Waals surface area contributed by atoms with E-state index in [0.29, 0.717) is 24.4 Å². The number of benzene rings is 1. The van der Waals surface area contributed by atoms with Crippen LogP contribution in [0.5, 0.6) is 0 Å². The summed E-state index contributed by atoms with van der Waals surface area (Å²) in [5.74, 6) is 0.847. The van der Waals surface area contributed by atoms with Crippen LogP contribution in [0.25, 0.3) is 0 Å². The van der Waals surface area contributed by atoms with E-state index in [9.17, 15) is 4.79 Å². The van der Waals surface area contributed by atoms with Crippen LogP contribution in [0, 0.1) is 0 Å². The molecule has 3 unspecified atom stereocenters. The third kappa shape index (κ3) is 2.72. The monoisotopic (exact) mass is 244 g/mol. The van der Waals surface area contributed by atoms with Gasteiger partial charge in [-0.3, -0.25) is 4.79 Å². The molecule has 1 aliphatic carbocycles. The van der Waals surface area contributed by atoms with E-state index in [2.05, 4.69) is 41.0 Å². The van der Waals surface area contributed by atoms with E-state index < -0.39 is 0 Å². The van der Waals surface area contributed by atoms with Crippen molar-refractivity contribution in [1.82, 2.24) is 10.6 Å². The molecule has 2 N–H and O–H groups in total. The van der Waals surface area contributed by atoms with Crippen LogP contribution in [0.4, 0.5) is 0 Å². The minimum Gasteiger partial charge on any atom is -0.356 e. The van der Waals surface area contributed by atoms with Crippen LogP contribution in [-0.4, -0.2) is 24.5 Å². The fourth-order valence-corrected chi connectivity index (χ4v) is 2.87. The Labute approximate surface area is 108 Å². The van der Waals surface area contributed by atoms with Crippen molar-refractivity contribution in [2.75, 3.05) is 6.54 Å². The SMILES string of the molecule is O=C1CC(NC2CC2c2ccccc2)CCCN1. The van der Waals surface area contributed by atoms with Crippen molar-refractivity contribution in [3.8, 4) is 0 Å². The molecule has 18 heavy (non-hydrogen) atoms. The van der Waals surface area contributed by atoms with Crippen LogP contribution in [0.15, 0.2) is 30.3 Å². The van der Waals surface area contributed by atoms with Crippen LogP contribution >= 0.6 is 0 Å². The number of hydrogen-bond donors (Lipinski definition) is 2. The fourth-order valence-electron chi connectivity index (χ4n) is 2.87. The van der Waals surface area contributed by atoms with E-state index in [1.165, 1.54) is 12.0 Å². The Balaban J connectivity index is 1.54. The average molecular weight is 244 g/mol. The van der Waals surface area contributed by atoms with Gasteiger partial charge in [-0.15, -0.1) is 0 Å². The summed E-state index contributed by atoms with van der Waals surface area (Å²) in [5.41, 5.74) is 1.42. The molecule has 1 aromatic rings. The van der Waals surface area contributed by atoms with Gasteiger partial charge in [0.05, 0.1) is 0 Å². The molecule has 0 aromatic heterocycles. The first-order valence-electron chi connectivity index (χ1n) is 6.90. The van der Waals surface area contributed by atoms with Crippen LogP contribution in [0.1, 0.15) is 37.2 Å². The van der Waals surface area contributed by atoms with Gasteiger partial charge in [0.15, 0.2) is 0 Å². The summed E-state index contributed by atoms with van der Waals surface area (Å²) in [4.78, 5) is 11.5. The van der Waals surface area contributed by atoms with Crippen LogP contribution in [0.3, 0.4) is 0 Å². The molecule has 1 saturated heterocycles. The zero-order chi connectivity index (χ0) is 12.4.